The predicted octanol–water partition coefficient (Wildman–Crippen LogP) is 2.94. The molecule has 1 fully saturated rings. The van der Waals surface area contributed by atoms with E-state index in [0.717, 1.165) is 50.0 Å². The van der Waals surface area contributed by atoms with E-state index in [4.69, 9.17) is 14.2 Å². The molecule has 0 bridgehead atoms. The van der Waals surface area contributed by atoms with Crippen LogP contribution in [0.1, 0.15) is 32.3 Å². The van der Waals surface area contributed by atoms with Crippen LogP contribution in [-0.2, 0) is 10.2 Å². The number of ether oxygens (including phenoxy) is 3. The molecular weight excluding hydrogens is 445 g/mol. The Labute approximate surface area is 174 Å². The molecule has 6 nitrogen and oxygen atoms in total. The molecule has 0 amide bonds. The van der Waals surface area contributed by atoms with Crippen LogP contribution in [0.15, 0.2) is 23.2 Å². The topological polar surface area (TPSA) is 64.1 Å². The van der Waals surface area contributed by atoms with Crippen molar-refractivity contribution in [1.82, 2.24) is 10.6 Å². The molecule has 1 heterocycles. The van der Waals surface area contributed by atoms with E-state index >= 15 is 0 Å². The van der Waals surface area contributed by atoms with Gasteiger partial charge in [-0.05, 0) is 30.5 Å². The number of aliphatic imine (C=N–C) groups is 1. The van der Waals surface area contributed by atoms with Gasteiger partial charge in [-0.25, -0.2) is 0 Å². The van der Waals surface area contributed by atoms with E-state index in [1.54, 1.807) is 21.3 Å². The lowest BCUT2D eigenvalue weighted by molar-refractivity contribution is 0.114. The number of hydrogen-bond donors (Lipinski definition) is 2. The summed E-state index contributed by atoms with van der Waals surface area (Å²) >= 11 is 0. The SMILES string of the molecule is CN=C(NCC1CCCO1)NCC(C)(C)c1ccc(OC)c(OC)c1.I. The number of nitrogens with one attached hydrogen (secondary N) is 2. The smallest absolute Gasteiger partial charge is 0.191 e. The van der Waals surface area contributed by atoms with Crippen LogP contribution in [0.3, 0.4) is 0 Å². The monoisotopic (exact) mass is 477 g/mol. The second-order valence-electron chi connectivity index (χ2n) is 6.90. The summed E-state index contributed by atoms with van der Waals surface area (Å²) in [6.07, 6.45) is 2.55. The van der Waals surface area contributed by atoms with Crippen LogP contribution < -0.4 is 20.1 Å². The van der Waals surface area contributed by atoms with Gasteiger partial charge in [0.15, 0.2) is 17.5 Å². The number of hydrogen-bond acceptors (Lipinski definition) is 4. The van der Waals surface area contributed by atoms with Gasteiger partial charge in [0.05, 0.1) is 20.3 Å². The minimum Gasteiger partial charge on any atom is -0.493 e. The lowest BCUT2D eigenvalue weighted by atomic mass is 9.84. The Morgan fingerprint density at radius 3 is 2.54 bits per heavy atom. The first-order valence-corrected chi connectivity index (χ1v) is 8.79. The van der Waals surface area contributed by atoms with E-state index in [9.17, 15) is 0 Å². The van der Waals surface area contributed by atoms with Gasteiger partial charge in [-0.2, -0.15) is 0 Å². The molecular formula is C19H32IN3O3. The molecule has 1 atom stereocenters. The van der Waals surface area contributed by atoms with Crippen molar-refractivity contribution in [3.05, 3.63) is 23.8 Å². The second kappa shape index (κ2) is 10.8. The first-order chi connectivity index (χ1) is 12.0. The fourth-order valence-electron chi connectivity index (χ4n) is 2.90. The van der Waals surface area contributed by atoms with Crippen LogP contribution in [0.2, 0.25) is 0 Å². The van der Waals surface area contributed by atoms with Crippen LogP contribution in [0, 0.1) is 0 Å². The van der Waals surface area contributed by atoms with Crippen LogP contribution >= 0.6 is 24.0 Å². The van der Waals surface area contributed by atoms with Crippen molar-refractivity contribution in [2.24, 2.45) is 4.99 Å². The summed E-state index contributed by atoms with van der Waals surface area (Å²) in [6.45, 7) is 6.78. The molecule has 0 spiro atoms. The molecule has 1 saturated heterocycles. The molecule has 0 saturated carbocycles. The average Bonchev–Trinajstić information content (AvgIpc) is 3.14. The Bertz CT molecular complexity index is 587. The van der Waals surface area contributed by atoms with Gasteiger partial charge in [-0.3, -0.25) is 4.99 Å². The van der Waals surface area contributed by atoms with Gasteiger partial charge in [0.2, 0.25) is 0 Å². The van der Waals surface area contributed by atoms with Gasteiger partial charge < -0.3 is 24.8 Å². The van der Waals surface area contributed by atoms with Gasteiger partial charge in [-0.1, -0.05) is 19.9 Å². The molecule has 7 heteroatoms. The van der Waals surface area contributed by atoms with E-state index in [1.165, 1.54) is 5.56 Å². The number of benzene rings is 1. The highest BCUT2D eigenvalue weighted by molar-refractivity contribution is 14.0. The minimum atomic E-state index is -0.0962. The molecule has 1 aliphatic heterocycles. The molecule has 1 aliphatic rings. The van der Waals surface area contributed by atoms with Crippen molar-refractivity contribution in [2.75, 3.05) is 41.0 Å². The highest BCUT2D eigenvalue weighted by Gasteiger charge is 2.23. The maximum absolute atomic E-state index is 5.64. The van der Waals surface area contributed by atoms with Crippen molar-refractivity contribution in [3.8, 4) is 11.5 Å². The van der Waals surface area contributed by atoms with Crippen molar-refractivity contribution < 1.29 is 14.2 Å². The van der Waals surface area contributed by atoms with Gasteiger partial charge in [-0.15, -0.1) is 24.0 Å². The first kappa shape index (κ1) is 22.8. The number of methoxy groups -OCH3 is 2. The summed E-state index contributed by atoms with van der Waals surface area (Å²) in [5.74, 6) is 2.28. The van der Waals surface area contributed by atoms with Gasteiger partial charge in [0.25, 0.3) is 0 Å². The minimum absolute atomic E-state index is 0. The van der Waals surface area contributed by atoms with Crippen LogP contribution in [0.4, 0.5) is 0 Å². The van der Waals surface area contributed by atoms with E-state index in [1.807, 2.05) is 12.1 Å². The lowest BCUT2D eigenvalue weighted by Crippen LogP contribution is -2.45. The summed E-state index contributed by atoms with van der Waals surface area (Å²) in [4.78, 5) is 4.30. The zero-order valence-corrected chi connectivity index (χ0v) is 18.8. The van der Waals surface area contributed by atoms with Gasteiger partial charge >= 0.3 is 0 Å². The fourth-order valence-corrected chi connectivity index (χ4v) is 2.90. The predicted molar refractivity (Wildman–Crippen MR) is 116 cm³/mol. The van der Waals surface area contributed by atoms with Gasteiger partial charge in [0.1, 0.15) is 0 Å². The number of guanidine groups is 1. The molecule has 1 aromatic carbocycles. The molecule has 2 rings (SSSR count). The molecule has 1 aromatic rings. The number of nitrogens with zero attached hydrogens (tertiary/aromatic N) is 1. The van der Waals surface area contributed by atoms with Crippen LogP contribution in [-0.4, -0.2) is 53.0 Å². The van der Waals surface area contributed by atoms with Crippen molar-refractivity contribution >= 4 is 29.9 Å². The molecule has 0 aromatic heterocycles. The Balaban J connectivity index is 0.00000338. The quantitative estimate of drug-likeness (QED) is 0.359. The molecule has 2 N–H and O–H groups in total. The summed E-state index contributed by atoms with van der Waals surface area (Å²) in [7, 11) is 5.09. The maximum Gasteiger partial charge on any atom is 0.191 e. The van der Waals surface area contributed by atoms with Gasteiger partial charge in [0, 0.05) is 32.2 Å². The summed E-state index contributed by atoms with van der Waals surface area (Å²) in [5, 5.41) is 6.75. The summed E-state index contributed by atoms with van der Waals surface area (Å²) in [5.41, 5.74) is 1.08. The third-order valence-corrected chi connectivity index (χ3v) is 4.61. The van der Waals surface area contributed by atoms with Crippen LogP contribution in [0.5, 0.6) is 11.5 Å². The Morgan fingerprint density at radius 1 is 1.23 bits per heavy atom. The second-order valence-corrected chi connectivity index (χ2v) is 6.90. The Hall–Kier alpha value is -1.22. The third kappa shape index (κ3) is 6.19. The number of rotatable bonds is 7. The summed E-state index contributed by atoms with van der Waals surface area (Å²) in [6, 6.07) is 6.05. The molecule has 0 aliphatic carbocycles. The van der Waals surface area contributed by atoms with Crippen molar-refractivity contribution in [1.29, 1.82) is 0 Å². The van der Waals surface area contributed by atoms with Crippen LogP contribution in [0.25, 0.3) is 0 Å². The number of halogens is 1. The molecule has 1 unspecified atom stereocenters. The molecule has 148 valence electrons. The van der Waals surface area contributed by atoms with E-state index in [0.29, 0.717) is 0 Å². The fraction of sp³-hybridized carbons (Fsp3) is 0.632. The van der Waals surface area contributed by atoms with Crippen molar-refractivity contribution in [3.63, 3.8) is 0 Å². The first-order valence-electron chi connectivity index (χ1n) is 8.79. The molecule has 26 heavy (non-hydrogen) atoms. The van der Waals surface area contributed by atoms with E-state index in [2.05, 4.69) is 35.5 Å². The lowest BCUT2D eigenvalue weighted by Gasteiger charge is -2.27. The highest BCUT2D eigenvalue weighted by Crippen LogP contribution is 2.32. The Morgan fingerprint density at radius 2 is 1.96 bits per heavy atom. The normalized spacial score (nSPS) is 17.4. The zero-order valence-electron chi connectivity index (χ0n) is 16.4. The zero-order chi connectivity index (χ0) is 18.3. The van der Waals surface area contributed by atoms with Crippen molar-refractivity contribution in [2.45, 2.75) is 38.2 Å². The van der Waals surface area contributed by atoms with E-state index in [-0.39, 0.29) is 35.5 Å². The average molecular weight is 477 g/mol. The highest BCUT2D eigenvalue weighted by atomic mass is 127. The summed E-state index contributed by atoms with van der Waals surface area (Å²) < 4.78 is 16.4. The Kier molecular flexibility index (Phi) is 9.49. The molecule has 0 radical (unpaired) electrons. The maximum atomic E-state index is 5.64. The third-order valence-electron chi connectivity index (χ3n) is 4.61. The van der Waals surface area contributed by atoms with E-state index < -0.39 is 0 Å². The largest absolute Gasteiger partial charge is 0.493 e. The standard InChI is InChI=1S/C19H31N3O3.HI/c1-19(2,14-8-9-16(23-4)17(11-14)24-5)13-22-18(20-3)21-12-15-7-6-10-25-15;/h8-9,11,15H,6-7,10,12-13H2,1-5H3,(H2,20,21,22);1H.